The van der Waals surface area contributed by atoms with E-state index in [-0.39, 0.29) is 29.9 Å². The molecule has 102 valence electrons. The van der Waals surface area contributed by atoms with Crippen molar-refractivity contribution in [1.29, 1.82) is 0 Å². The lowest BCUT2D eigenvalue weighted by molar-refractivity contribution is -0.144. The number of morpholine rings is 1. The van der Waals surface area contributed by atoms with Crippen LogP contribution in [0.25, 0.3) is 0 Å². The van der Waals surface area contributed by atoms with Crippen LogP contribution in [0.3, 0.4) is 0 Å². The SMILES string of the molecule is O=C(C1COCCN1)N1CC2CCCC(C1)C2O. The first kappa shape index (κ1) is 12.4. The highest BCUT2D eigenvalue weighted by Gasteiger charge is 2.41. The number of hydrogen-bond acceptors (Lipinski definition) is 4. The fraction of sp³-hybridized carbons (Fsp3) is 0.923. The Morgan fingerprint density at radius 1 is 1.28 bits per heavy atom. The van der Waals surface area contributed by atoms with Crippen LogP contribution < -0.4 is 5.32 Å². The molecule has 5 heteroatoms. The normalized spacial score (nSPS) is 40.6. The Morgan fingerprint density at radius 2 is 2.00 bits per heavy atom. The summed E-state index contributed by atoms with van der Waals surface area (Å²) in [6.45, 7) is 3.35. The highest BCUT2D eigenvalue weighted by molar-refractivity contribution is 5.82. The second-order valence-electron chi connectivity index (χ2n) is 5.77. The third kappa shape index (κ3) is 2.27. The maximum Gasteiger partial charge on any atom is 0.242 e. The van der Waals surface area contributed by atoms with Gasteiger partial charge in [0.05, 0.1) is 19.3 Å². The number of ether oxygens (including phenoxy) is 1. The fourth-order valence-corrected chi connectivity index (χ4v) is 3.53. The molecule has 1 amide bonds. The molecule has 3 fully saturated rings. The molecule has 3 rings (SSSR count). The van der Waals surface area contributed by atoms with Crippen molar-refractivity contribution < 1.29 is 14.6 Å². The molecule has 0 radical (unpaired) electrons. The summed E-state index contributed by atoms with van der Waals surface area (Å²) in [6, 6.07) is -0.185. The minimum atomic E-state index is -0.196. The van der Waals surface area contributed by atoms with Crippen LogP contribution >= 0.6 is 0 Å². The van der Waals surface area contributed by atoms with Crippen LogP contribution in [0.2, 0.25) is 0 Å². The Bertz CT molecular complexity index is 303. The number of aliphatic hydroxyl groups is 1. The number of rotatable bonds is 1. The summed E-state index contributed by atoms with van der Waals surface area (Å²) in [7, 11) is 0. The van der Waals surface area contributed by atoms with E-state index >= 15 is 0 Å². The molecule has 1 saturated carbocycles. The van der Waals surface area contributed by atoms with E-state index in [0.717, 1.165) is 19.4 Å². The molecule has 0 spiro atoms. The van der Waals surface area contributed by atoms with Gasteiger partial charge in [-0.1, -0.05) is 6.42 Å². The molecule has 2 N–H and O–H groups in total. The summed E-state index contributed by atoms with van der Waals surface area (Å²) in [4.78, 5) is 14.3. The minimum Gasteiger partial charge on any atom is -0.392 e. The Morgan fingerprint density at radius 3 is 2.61 bits per heavy atom. The van der Waals surface area contributed by atoms with Crippen molar-refractivity contribution >= 4 is 5.91 Å². The Hall–Kier alpha value is -0.650. The molecule has 0 aromatic carbocycles. The van der Waals surface area contributed by atoms with Crippen LogP contribution in [0.5, 0.6) is 0 Å². The van der Waals surface area contributed by atoms with Crippen LogP contribution in [-0.4, -0.2) is 60.9 Å². The number of piperidine rings is 1. The van der Waals surface area contributed by atoms with Gasteiger partial charge in [-0.2, -0.15) is 0 Å². The molecule has 3 aliphatic rings. The lowest BCUT2D eigenvalue weighted by Gasteiger charge is -2.46. The Labute approximate surface area is 107 Å². The van der Waals surface area contributed by atoms with E-state index in [2.05, 4.69) is 5.32 Å². The van der Waals surface area contributed by atoms with Gasteiger partial charge in [0.25, 0.3) is 0 Å². The van der Waals surface area contributed by atoms with Crippen molar-refractivity contribution in [3.05, 3.63) is 0 Å². The fourth-order valence-electron chi connectivity index (χ4n) is 3.53. The molecule has 3 unspecified atom stereocenters. The summed E-state index contributed by atoms with van der Waals surface area (Å²) >= 11 is 0. The van der Waals surface area contributed by atoms with Crippen LogP contribution in [0, 0.1) is 11.8 Å². The molecule has 1 aliphatic carbocycles. The average Bonchev–Trinajstić information content (AvgIpc) is 2.38. The van der Waals surface area contributed by atoms with Crippen molar-refractivity contribution in [1.82, 2.24) is 10.2 Å². The van der Waals surface area contributed by atoms with Gasteiger partial charge in [-0.3, -0.25) is 4.79 Å². The van der Waals surface area contributed by atoms with Gasteiger partial charge in [-0.05, 0) is 12.8 Å². The predicted octanol–water partition coefficient (Wildman–Crippen LogP) is -0.406. The maximum absolute atomic E-state index is 12.4. The monoisotopic (exact) mass is 254 g/mol. The van der Waals surface area contributed by atoms with Crippen molar-refractivity contribution in [2.45, 2.75) is 31.4 Å². The number of aliphatic hydroxyl groups excluding tert-OH is 1. The third-order valence-electron chi connectivity index (χ3n) is 4.56. The van der Waals surface area contributed by atoms with E-state index in [9.17, 15) is 9.90 Å². The highest BCUT2D eigenvalue weighted by Crippen LogP contribution is 2.35. The molecule has 3 atom stereocenters. The minimum absolute atomic E-state index is 0.151. The van der Waals surface area contributed by atoms with E-state index in [1.54, 1.807) is 0 Å². The van der Waals surface area contributed by atoms with E-state index in [1.165, 1.54) is 6.42 Å². The van der Waals surface area contributed by atoms with Gasteiger partial charge in [-0.15, -0.1) is 0 Å². The first-order valence-corrected chi connectivity index (χ1v) is 7.03. The molecule has 0 aromatic rings. The lowest BCUT2D eigenvalue weighted by Crippen LogP contribution is -2.59. The largest absolute Gasteiger partial charge is 0.392 e. The molecular weight excluding hydrogens is 232 g/mol. The highest BCUT2D eigenvalue weighted by atomic mass is 16.5. The van der Waals surface area contributed by atoms with Gasteiger partial charge >= 0.3 is 0 Å². The molecule has 2 saturated heterocycles. The van der Waals surface area contributed by atoms with Crippen LogP contribution in [0.4, 0.5) is 0 Å². The van der Waals surface area contributed by atoms with Crippen LogP contribution in [-0.2, 0) is 9.53 Å². The van der Waals surface area contributed by atoms with E-state index in [1.807, 2.05) is 4.90 Å². The molecule has 2 aliphatic heterocycles. The standard InChI is InChI=1S/C13H22N2O3/c16-12-9-2-1-3-10(12)7-15(6-9)13(17)11-8-18-5-4-14-11/h9-12,14,16H,1-8H2. The molecule has 2 heterocycles. The van der Waals surface area contributed by atoms with Crippen molar-refractivity contribution in [3.63, 3.8) is 0 Å². The van der Waals surface area contributed by atoms with E-state index in [0.29, 0.717) is 26.3 Å². The summed E-state index contributed by atoms with van der Waals surface area (Å²) in [5, 5.41) is 13.3. The second-order valence-corrected chi connectivity index (χ2v) is 5.77. The Kier molecular flexibility index (Phi) is 3.54. The molecular formula is C13H22N2O3. The number of hydrogen-bond donors (Lipinski definition) is 2. The number of likely N-dealkylation sites (tertiary alicyclic amines) is 1. The Balaban J connectivity index is 1.64. The van der Waals surface area contributed by atoms with Gasteiger partial charge in [0.1, 0.15) is 6.04 Å². The maximum atomic E-state index is 12.4. The first-order chi connectivity index (χ1) is 8.75. The summed E-state index contributed by atoms with van der Waals surface area (Å²) in [6.07, 6.45) is 3.10. The van der Waals surface area contributed by atoms with E-state index < -0.39 is 0 Å². The molecule has 2 bridgehead atoms. The van der Waals surface area contributed by atoms with Crippen molar-refractivity contribution in [2.24, 2.45) is 11.8 Å². The molecule has 18 heavy (non-hydrogen) atoms. The zero-order valence-electron chi connectivity index (χ0n) is 10.7. The first-order valence-electron chi connectivity index (χ1n) is 7.03. The van der Waals surface area contributed by atoms with Gasteiger partial charge in [0.2, 0.25) is 5.91 Å². The lowest BCUT2D eigenvalue weighted by atomic mass is 9.75. The van der Waals surface area contributed by atoms with Crippen molar-refractivity contribution in [3.8, 4) is 0 Å². The number of carbonyl (C=O) groups is 1. The van der Waals surface area contributed by atoms with Gasteiger partial charge in [0, 0.05) is 31.5 Å². The third-order valence-corrected chi connectivity index (χ3v) is 4.56. The topological polar surface area (TPSA) is 61.8 Å². The molecule has 0 aromatic heterocycles. The molecule has 5 nitrogen and oxygen atoms in total. The second kappa shape index (κ2) is 5.15. The zero-order chi connectivity index (χ0) is 12.5. The van der Waals surface area contributed by atoms with Gasteiger partial charge in [0.15, 0.2) is 0 Å². The number of amides is 1. The number of fused-ring (bicyclic) bond motifs is 2. The van der Waals surface area contributed by atoms with Gasteiger partial charge < -0.3 is 20.1 Å². The summed E-state index contributed by atoms with van der Waals surface area (Å²) < 4.78 is 5.35. The average molecular weight is 254 g/mol. The predicted molar refractivity (Wildman–Crippen MR) is 66.0 cm³/mol. The number of nitrogens with one attached hydrogen (secondary N) is 1. The van der Waals surface area contributed by atoms with Crippen LogP contribution in [0.1, 0.15) is 19.3 Å². The number of nitrogens with zero attached hydrogens (tertiary/aromatic N) is 1. The zero-order valence-corrected chi connectivity index (χ0v) is 10.7. The number of carbonyl (C=O) groups excluding carboxylic acids is 1. The quantitative estimate of drug-likeness (QED) is 0.668. The summed E-state index contributed by atoms with van der Waals surface area (Å²) in [5.74, 6) is 0.718. The van der Waals surface area contributed by atoms with Crippen LogP contribution in [0.15, 0.2) is 0 Å². The summed E-state index contributed by atoms with van der Waals surface area (Å²) in [5.41, 5.74) is 0. The van der Waals surface area contributed by atoms with Crippen molar-refractivity contribution in [2.75, 3.05) is 32.8 Å². The smallest absolute Gasteiger partial charge is 0.242 e. The van der Waals surface area contributed by atoms with Gasteiger partial charge in [-0.25, -0.2) is 0 Å². The van der Waals surface area contributed by atoms with E-state index in [4.69, 9.17) is 4.74 Å².